The number of primary amides is 1. The lowest BCUT2D eigenvalue weighted by Crippen LogP contribution is -2.13. The van der Waals surface area contributed by atoms with Crippen LogP contribution in [-0.4, -0.2) is 18.1 Å². The predicted molar refractivity (Wildman–Crippen MR) is 63.0 cm³/mol. The molecule has 0 saturated heterocycles. The standard InChI is InChI=1S/C9H9Br2NO3/c1-15-9-5(10)2-4(3-6(12)13)8(14)7(9)11/h2,14H,3H2,1H3,(H2,12,13). The number of hydrogen-bond acceptors (Lipinski definition) is 3. The van der Waals surface area contributed by atoms with Crippen LogP contribution in [0.2, 0.25) is 0 Å². The van der Waals surface area contributed by atoms with Crippen molar-refractivity contribution in [1.82, 2.24) is 0 Å². The van der Waals surface area contributed by atoms with Crippen molar-refractivity contribution in [3.63, 3.8) is 0 Å². The average molecular weight is 339 g/mol. The molecule has 0 radical (unpaired) electrons. The first kappa shape index (κ1) is 12.3. The number of hydrogen-bond donors (Lipinski definition) is 2. The highest BCUT2D eigenvalue weighted by atomic mass is 79.9. The lowest BCUT2D eigenvalue weighted by atomic mass is 10.1. The van der Waals surface area contributed by atoms with Gasteiger partial charge >= 0.3 is 0 Å². The number of ether oxygens (including phenoxy) is 1. The Balaban J connectivity index is 3.27. The molecule has 1 aromatic rings. The molecule has 1 amide bonds. The number of phenols is 1. The molecule has 0 aliphatic carbocycles. The maximum atomic E-state index is 10.7. The van der Waals surface area contributed by atoms with Crippen LogP contribution in [0.5, 0.6) is 11.5 Å². The molecule has 0 unspecified atom stereocenters. The molecule has 0 atom stereocenters. The Morgan fingerprint density at radius 3 is 2.67 bits per heavy atom. The van der Waals surface area contributed by atoms with Gasteiger partial charge in [-0.1, -0.05) is 0 Å². The van der Waals surface area contributed by atoms with Gasteiger partial charge in [0.05, 0.1) is 18.0 Å². The summed E-state index contributed by atoms with van der Waals surface area (Å²) in [6.45, 7) is 0. The van der Waals surface area contributed by atoms with Gasteiger partial charge in [0.1, 0.15) is 10.2 Å². The van der Waals surface area contributed by atoms with Crippen LogP contribution >= 0.6 is 31.9 Å². The van der Waals surface area contributed by atoms with E-state index in [4.69, 9.17) is 10.5 Å². The Morgan fingerprint density at radius 1 is 1.60 bits per heavy atom. The third-order valence-electron chi connectivity index (χ3n) is 1.80. The van der Waals surface area contributed by atoms with E-state index in [0.29, 0.717) is 20.3 Å². The van der Waals surface area contributed by atoms with E-state index in [1.54, 1.807) is 6.07 Å². The van der Waals surface area contributed by atoms with Crippen LogP contribution in [0, 0.1) is 0 Å². The Morgan fingerprint density at radius 2 is 2.20 bits per heavy atom. The van der Waals surface area contributed by atoms with E-state index in [1.165, 1.54) is 7.11 Å². The number of rotatable bonds is 3. The topological polar surface area (TPSA) is 72.5 Å². The third kappa shape index (κ3) is 2.63. The van der Waals surface area contributed by atoms with Crippen molar-refractivity contribution in [2.45, 2.75) is 6.42 Å². The van der Waals surface area contributed by atoms with Crippen LogP contribution < -0.4 is 10.5 Å². The minimum Gasteiger partial charge on any atom is -0.506 e. The van der Waals surface area contributed by atoms with Crippen molar-refractivity contribution in [1.29, 1.82) is 0 Å². The van der Waals surface area contributed by atoms with E-state index in [2.05, 4.69) is 31.9 Å². The summed E-state index contributed by atoms with van der Waals surface area (Å²) in [4.78, 5) is 10.7. The molecule has 4 nitrogen and oxygen atoms in total. The molecule has 0 aliphatic rings. The lowest BCUT2D eigenvalue weighted by molar-refractivity contribution is -0.117. The van der Waals surface area contributed by atoms with Crippen LogP contribution in [-0.2, 0) is 11.2 Å². The molecule has 0 fully saturated rings. The zero-order chi connectivity index (χ0) is 11.6. The SMILES string of the molecule is COc1c(Br)cc(CC(N)=O)c(O)c1Br. The zero-order valence-electron chi connectivity index (χ0n) is 7.88. The number of amides is 1. The van der Waals surface area contributed by atoms with Crippen LogP contribution in [0.4, 0.5) is 0 Å². The second kappa shape index (κ2) is 4.85. The highest BCUT2D eigenvalue weighted by molar-refractivity contribution is 9.11. The quantitative estimate of drug-likeness (QED) is 0.884. The predicted octanol–water partition coefficient (Wildman–Crippen LogP) is 1.95. The highest BCUT2D eigenvalue weighted by Crippen LogP contribution is 2.42. The number of phenolic OH excluding ortho intramolecular Hbond substituents is 1. The molecule has 1 rings (SSSR count). The van der Waals surface area contributed by atoms with Crippen molar-refractivity contribution < 1.29 is 14.6 Å². The van der Waals surface area contributed by atoms with Gasteiger partial charge in [-0.2, -0.15) is 0 Å². The van der Waals surface area contributed by atoms with Gasteiger partial charge in [-0.05, 0) is 37.9 Å². The van der Waals surface area contributed by atoms with Crippen molar-refractivity contribution >= 4 is 37.8 Å². The average Bonchev–Trinajstić information content (AvgIpc) is 2.14. The largest absolute Gasteiger partial charge is 0.506 e. The van der Waals surface area contributed by atoms with Crippen molar-refractivity contribution in [2.24, 2.45) is 5.73 Å². The fourth-order valence-electron chi connectivity index (χ4n) is 1.15. The van der Waals surface area contributed by atoms with Crippen molar-refractivity contribution in [3.8, 4) is 11.5 Å². The number of aromatic hydroxyl groups is 1. The normalized spacial score (nSPS) is 10.1. The maximum absolute atomic E-state index is 10.7. The summed E-state index contributed by atoms with van der Waals surface area (Å²) in [6, 6.07) is 1.60. The Labute approximate surface area is 104 Å². The van der Waals surface area contributed by atoms with E-state index in [0.717, 1.165) is 0 Å². The number of halogens is 2. The first-order valence-electron chi connectivity index (χ1n) is 3.99. The van der Waals surface area contributed by atoms with E-state index in [-0.39, 0.29) is 12.2 Å². The molecular formula is C9H9Br2NO3. The first-order valence-corrected chi connectivity index (χ1v) is 5.58. The number of benzene rings is 1. The van der Waals surface area contributed by atoms with Crippen molar-refractivity contribution in [2.75, 3.05) is 7.11 Å². The Hall–Kier alpha value is -0.750. The van der Waals surface area contributed by atoms with Crippen molar-refractivity contribution in [3.05, 3.63) is 20.6 Å². The molecule has 0 saturated carbocycles. The fraction of sp³-hybridized carbons (Fsp3) is 0.222. The van der Waals surface area contributed by atoms with E-state index in [1.807, 2.05) is 0 Å². The van der Waals surface area contributed by atoms with Gasteiger partial charge in [0.15, 0.2) is 5.75 Å². The second-order valence-corrected chi connectivity index (χ2v) is 4.50. The second-order valence-electron chi connectivity index (χ2n) is 2.86. The summed E-state index contributed by atoms with van der Waals surface area (Å²) < 4.78 is 6.09. The van der Waals surface area contributed by atoms with Gasteiger partial charge in [-0.15, -0.1) is 0 Å². The molecule has 3 N–H and O–H groups in total. The van der Waals surface area contributed by atoms with Gasteiger partial charge in [0, 0.05) is 5.56 Å². The fourth-order valence-corrected chi connectivity index (χ4v) is 2.68. The molecule has 0 bridgehead atoms. The molecule has 6 heteroatoms. The van der Waals surface area contributed by atoms with Gasteiger partial charge in [0.2, 0.25) is 5.91 Å². The first-order chi connectivity index (χ1) is 6.97. The third-order valence-corrected chi connectivity index (χ3v) is 3.12. The number of carbonyl (C=O) groups excluding carboxylic acids is 1. The summed E-state index contributed by atoms with van der Waals surface area (Å²) in [6.07, 6.45) is -0.0208. The zero-order valence-corrected chi connectivity index (χ0v) is 11.1. The van der Waals surface area contributed by atoms with Crippen LogP contribution in [0.15, 0.2) is 15.0 Å². The lowest BCUT2D eigenvalue weighted by Gasteiger charge is -2.11. The molecule has 15 heavy (non-hydrogen) atoms. The van der Waals surface area contributed by atoms with Gasteiger partial charge in [-0.3, -0.25) is 4.79 Å². The summed E-state index contributed by atoms with van der Waals surface area (Å²) in [5, 5.41) is 9.73. The van der Waals surface area contributed by atoms with E-state index >= 15 is 0 Å². The number of methoxy groups -OCH3 is 1. The van der Waals surface area contributed by atoms with Gasteiger partial charge in [-0.25, -0.2) is 0 Å². The number of carbonyl (C=O) groups is 1. The number of nitrogens with two attached hydrogens (primary N) is 1. The molecular weight excluding hydrogens is 330 g/mol. The minimum atomic E-state index is -0.505. The van der Waals surface area contributed by atoms with Crippen LogP contribution in [0.25, 0.3) is 0 Å². The van der Waals surface area contributed by atoms with Crippen LogP contribution in [0.3, 0.4) is 0 Å². The molecule has 1 aromatic carbocycles. The van der Waals surface area contributed by atoms with E-state index in [9.17, 15) is 9.90 Å². The molecule has 0 aromatic heterocycles. The maximum Gasteiger partial charge on any atom is 0.221 e. The Bertz CT molecular complexity index is 407. The monoisotopic (exact) mass is 337 g/mol. The minimum absolute atomic E-state index is 0.0208. The summed E-state index contributed by atoms with van der Waals surface area (Å²) >= 11 is 6.44. The summed E-state index contributed by atoms with van der Waals surface area (Å²) in [5.74, 6) is -0.0659. The smallest absolute Gasteiger partial charge is 0.221 e. The summed E-state index contributed by atoms with van der Waals surface area (Å²) in [5.41, 5.74) is 5.50. The molecule has 0 aliphatic heterocycles. The highest BCUT2D eigenvalue weighted by Gasteiger charge is 2.16. The molecule has 0 spiro atoms. The molecule has 82 valence electrons. The van der Waals surface area contributed by atoms with Crippen LogP contribution in [0.1, 0.15) is 5.56 Å². The van der Waals surface area contributed by atoms with E-state index < -0.39 is 5.91 Å². The summed E-state index contributed by atoms with van der Waals surface area (Å²) in [7, 11) is 1.48. The molecule has 0 heterocycles. The van der Waals surface area contributed by atoms with Gasteiger partial charge in [0.25, 0.3) is 0 Å². The van der Waals surface area contributed by atoms with Gasteiger partial charge < -0.3 is 15.6 Å². The Kier molecular flexibility index (Phi) is 3.98.